The van der Waals surface area contributed by atoms with E-state index < -0.39 is 0 Å². The second kappa shape index (κ2) is 8.86. The molecule has 0 saturated carbocycles. The highest BCUT2D eigenvalue weighted by Gasteiger charge is 2.26. The Labute approximate surface area is 178 Å². The van der Waals surface area contributed by atoms with Gasteiger partial charge in [0, 0.05) is 35.6 Å². The van der Waals surface area contributed by atoms with Crippen molar-refractivity contribution in [2.45, 2.75) is 26.3 Å². The first-order valence-electron chi connectivity index (χ1n) is 10.0. The number of hydrogen-bond donors (Lipinski definition) is 2. The third-order valence-corrected chi connectivity index (χ3v) is 5.82. The maximum atomic E-state index is 12.7. The summed E-state index contributed by atoms with van der Waals surface area (Å²) in [6.45, 7) is 4.70. The van der Waals surface area contributed by atoms with Gasteiger partial charge in [0.25, 0.3) is 0 Å². The molecule has 0 unspecified atom stereocenters. The van der Waals surface area contributed by atoms with E-state index in [1.807, 2.05) is 49.4 Å². The van der Waals surface area contributed by atoms with Gasteiger partial charge in [0.15, 0.2) is 0 Å². The zero-order valence-electron chi connectivity index (χ0n) is 16.5. The fourth-order valence-corrected chi connectivity index (χ4v) is 4.11. The fraction of sp³-hybridized carbons (Fsp3) is 0.364. The topological polar surface area (TPSA) is 70.2 Å². The van der Waals surface area contributed by atoms with Gasteiger partial charge in [-0.05, 0) is 44.0 Å². The molecule has 2 heterocycles. The number of anilines is 1. The second-order valence-corrected chi connectivity index (χ2v) is 8.16. The SMILES string of the molecule is CCOc1ccccc1CNC(=O)C1CCN(c2nc3ccc(Br)cc3[nH]2)CC1. The van der Waals surface area contributed by atoms with Crippen LogP contribution in [0.3, 0.4) is 0 Å². The molecule has 1 fully saturated rings. The van der Waals surface area contributed by atoms with Crippen LogP contribution in [0.15, 0.2) is 46.9 Å². The summed E-state index contributed by atoms with van der Waals surface area (Å²) in [5, 5.41) is 3.08. The van der Waals surface area contributed by atoms with Gasteiger partial charge in [0.1, 0.15) is 5.75 Å². The standard InChI is InChI=1S/C22H25BrN4O2/c1-2-29-20-6-4-3-5-16(20)14-24-21(28)15-9-11-27(12-10-15)22-25-18-8-7-17(23)13-19(18)26-22/h3-8,13,15H,2,9-12,14H2,1H3,(H,24,28)(H,25,26). The molecular weight excluding hydrogens is 432 g/mol. The summed E-state index contributed by atoms with van der Waals surface area (Å²) in [6, 6.07) is 13.9. The zero-order chi connectivity index (χ0) is 20.2. The number of amides is 1. The van der Waals surface area contributed by atoms with E-state index in [2.05, 4.69) is 36.1 Å². The molecule has 0 aliphatic carbocycles. The molecule has 1 aliphatic rings. The number of hydrogen-bond acceptors (Lipinski definition) is 4. The van der Waals surface area contributed by atoms with Crippen molar-refractivity contribution >= 4 is 38.8 Å². The van der Waals surface area contributed by atoms with Crippen LogP contribution in [0.25, 0.3) is 11.0 Å². The molecule has 29 heavy (non-hydrogen) atoms. The van der Waals surface area contributed by atoms with Gasteiger partial charge in [-0.25, -0.2) is 4.98 Å². The highest BCUT2D eigenvalue weighted by atomic mass is 79.9. The van der Waals surface area contributed by atoms with Crippen LogP contribution in [0.1, 0.15) is 25.3 Å². The number of nitrogens with one attached hydrogen (secondary N) is 2. The number of benzene rings is 2. The van der Waals surface area contributed by atoms with Gasteiger partial charge in [-0.3, -0.25) is 4.79 Å². The summed E-state index contributed by atoms with van der Waals surface area (Å²) in [4.78, 5) is 23.0. The van der Waals surface area contributed by atoms with Crippen molar-refractivity contribution in [1.29, 1.82) is 0 Å². The van der Waals surface area contributed by atoms with E-state index in [1.54, 1.807) is 0 Å². The Hall–Kier alpha value is -2.54. The first kappa shape index (κ1) is 19.8. The number of rotatable bonds is 6. The van der Waals surface area contributed by atoms with E-state index in [4.69, 9.17) is 4.74 Å². The van der Waals surface area contributed by atoms with E-state index in [9.17, 15) is 4.79 Å². The molecule has 0 spiro atoms. The maximum Gasteiger partial charge on any atom is 0.223 e. The predicted molar refractivity (Wildman–Crippen MR) is 118 cm³/mol. The number of fused-ring (bicyclic) bond motifs is 1. The van der Waals surface area contributed by atoms with Crippen LogP contribution in [0.4, 0.5) is 5.95 Å². The van der Waals surface area contributed by atoms with Crippen LogP contribution in [0, 0.1) is 5.92 Å². The minimum absolute atomic E-state index is 0.0315. The van der Waals surface area contributed by atoms with Gasteiger partial charge in [-0.1, -0.05) is 34.1 Å². The highest BCUT2D eigenvalue weighted by molar-refractivity contribution is 9.10. The minimum Gasteiger partial charge on any atom is -0.494 e. The lowest BCUT2D eigenvalue weighted by molar-refractivity contribution is -0.125. The molecule has 1 amide bonds. The molecule has 6 nitrogen and oxygen atoms in total. The monoisotopic (exact) mass is 456 g/mol. The Bertz CT molecular complexity index is 995. The summed E-state index contributed by atoms with van der Waals surface area (Å²) >= 11 is 3.49. The zero-order valence-corrected chi connectivity index (χ0v) is 18.0. The molecule has 3 aromatic rings. The highest BCUT2D eigenvalue weighted by Crippen LogP contribution is 2.25. The molecule has 4 rings (SSSR count). The predicted octanol–water partition coefficient (Wildman–Crippen LogP) is 4.26. The number of halogens is 1. The molecule has 1 aromatic heterocycles. The average Bonchev–Trinajstić information content (AvgIpc) is 3.16. The lowest BCUT2D eigenvalue weighted by atomic mass is 9.96. The van der Waals surface area contributed by atoms with Crippen LogP contribution >= 0.6 is 15.9 Å². The molecule has 2 aromatic carbocycles. The summed E-state index contributed by atoms with van der Waals surface area (Å²) in [7, 11) is 0. The molecule has 7 heteroatoms. The number of piperidine rings is 1. The normalized spacial score (nSPS) is 14.9. The molecule has 152 valence electrons. The fourth-order valence-electron chi connectivity index (χ4n) is 3.74. The van der Waals surface area contributed by atoms with Gasteiger partial charge >= 0.3 is 0 Å². The Morgan fingerprint density at radius 2 is 2.07 bits per heavy atom. The molecule has 0 radical (unpaired) electrons. The van der Waals surface area contributed by atoms with Crippen molar-refractivity contribution in [2.75, 3.05) is 24.6 Å². The Morgan fingerprint density at radius 3 is 2.86 bits per heavy atom. The first-order valence-corrected chi connectivity index (χ1v) is 10.8. The van der Waals surface area contributed by atoms with Crippen LogP contribution in [-0.4, -0.2) is 35.6 Å². The maximum absolute atomic E-state index is 12.7. The van der Waals surface area contributed by atoms with E-state index in [0.717, 1.165) is 58.7 Å². The van der Waals surface area contributed by atoms with E-state index in [0.29, 0.717) is 13.2 Å². The summed E-state index contributed by atoms with van der Waals surface area (Å²) in [5.41, 5.74) is 2.98. The van der Waals surface area contributed by atoms with E-state index >= 15 is 0 Å². The number of H-pyrrole nitrogens is 1. The van der Waals surface area contributed by atoms with Gasteiger partial charge < -0.3 is 19.9 Å². The number of carbonyl (C=O) groups excluding carboxylic acids is 1. The van der Waals surface area contributed by atoms with E-state index in [1.165, 1.54) is 0 Å². The molecule has 0 bridgehead atoms. The molecular formula is C22H25BrN4O2. The van der Waals surface area contributed by atoms with Crippen LogP contribution < -0.4 is 15.0 Å². The average molecular weight is 457 g/mol. The molecule has 1 aliphatic heterocycles. The summed E-state index contributed by atoms with van der Waals surface area (Å²) < 4.78 is 6.67. The van der Waals surface area contributed by atoms with Crippen molar-refractivity contribution < 1.29 is 9.53 Å². The van der Waals surface area contributed by atoms with E-state index in [-0.39, 0.29) is 11.8 Å². The second-order valence-electron chi connectivity index (χ2n) is 7.24. The lowest BCUT2D eigenvalue weighted by Crippen LogP contribution is -2.40. The van der Waals surface area contributed by atoms with Gasteiger partial charge in [0.05, 0.1) is 17.6 Å². The quantitative estimate of drug-likeness (QED) is 0.581. The largest absolute Gasteiger partial charge is 0.494 e. The number of carbonyl (C=O) groups is 1. The van der Waals surface area contributed by atoms with Gasteiger partial charge in [-0.15, -0.1) is 0 Å². The molecule has 2 N–H and O–H groups in total. The summed E-state index contributed by atoms with van der Waals surface area (Å²) in [5.74, 6) is 1.86. The third kappa shape index (κ3) is 4.56. The first-order chi connectivity index (χ1) is 14.1. The number of nitrogens with zero attached hydrogens (tertiary/aromatic N) is 2. The molecule has 0 atom stereocenters. The number of aromatic nitrogens is 2. The van der Waals surface area contributed by atoms with Crippen molar-refractivity contribution in [3.05, 3.63) is 52.5 Å². The van der Waals surface area contributed by atoms with Crippen LogP contribution in [-0.2, 0) is 11.3 Å². The Morgan fingerprint density at radius 1 is 1.28 bits per heavy atom. The Balaban J connectivity index is 1.32. The van der Waals surface area contributed by atoms with Crippen molar-refractivity contribution in [3.63, 3.8) is 0 Å². The number of imidazole rings is 1. The number of ether oxygens (including phenoxy) is 1. The van der Waals surface area contributed by atoms with Crippen molar-refractivity contribution in [3.8, 4) is 5.75 Å². The van der Waals surface area contributed by atoms with Crippen LogP contribution in [0.2, 0.25) is 0 Å². The smallest absolute Gasteiger partial charge is 0.223 e. The lowest BCUT2D eigenvalue weighted by Gasteiger charge is -2.31. The van der Waals surface area contributed by atoms with Gasteiger partial charge in [-0.2, -0.15) is 0 Å². The third-order valence-electron chi connectivity index (χ3n) is 5.32. The molecule has 1 saturated heterocycles. The van der Waals surface area contributed by atoms with Crippen molar-refractivity contribution in [2.24, 2.45) is 5.92 Å². The number of para-hydroxylation sites is 1. The summed E-state index contributed by atoms with van der Waals surface area (Å²) in [6.07, 6.45) is 1.64. The van der Waals surface area contributed by atoms with Crippen LogP contribution in [0.5, 0.6) is 5.75 Å². The van der Waals surface area contributed by atoms with Crippen molar-refractivity contribution in [1.82, 2.24) is 15.3 Å². The Kier molecular flexibility index (Phi) is 6.04. The minimum atomic E-state index is 0.0315. The number of aromatic amines is 1. The van der Waals surface area contributed by atoms with Gasteiger partial charge in [0.2, 0.25) is 11.9 Å².